The van der Waals surface area contributed by atoms with Gasteiger partial charge in [0.2, 0.25) is 0 Å². The van der Waals surface area contributed by atoms with Gasteiger partial charge in [-0.25, -0.2) is 0 Å². The first-order valence-corrected chi connectivity index (χ1v) is 7.23. The predicted octanol–water partition coefficient (Wildman–Crippen LogP) is 4.10. The van der Waals surface area contributed by atoms with Crippen LogP contribution in [0.4, 0.5) is 5.82 Å². The molecule has 0 spiro atoms. The number of nitrogens with one attached hydrogen (secondary N) is 1. The highest BCUT2D eigenvalue weighted by molar-refractivity contribution is 9.10. The van der Waals surface area contributed by atoms with E-state index in [-0.39, 0.29) is 0 Å². The summed E-state index contributed by atoms with van der Waals surface area (Å²) in [6, 6.07) is 15.8. The molecule has 0 bridgehead atoms. The zero-order chi connectivity index (χ0) is 14.8. The van der Waals surface area contributed by atoms with E-state index in [0.717, 1.165) is 32.6 Å². The number of aromatic nitrogens is 2. The molecular weight excluding hydrogens is 330 g/mol. The molecular formula is C16H14BrN3O. The molecule has 3 aromatic rings. The van der Waals surface area contributed by atoms with E-state index < -0.39 is 0 Å². The van der Waals surface area contributed by atoms with Gasteiger partial charge in [0.25, 0.3) is 0 Å². The van der Waals surface area contributed by atoms with Crippen molar-refractivity contribution >= 4 is 21.7 Å². The van der Waals surface area contributed by atoms with Crippen LogP contribution in [0.25, 0.3) is 22.4 Å². The minimum atomic E-state index is 0.489. The number of H-pyrrole nitrogens is 1. The third-order valence-electron chi connectivity index (χ3n) is 3.30. The summed E-state index contributed by atoms with van der Waals surface area (Å²) in [5, 5.41) is 7.16. The molecule has 0 unspecified atom stereocenters. The van der Waals surface area contributed by atoms with Gasteiger partial charge in [0.05, 0.1) is 22.8 Å². The van der Waals surface area contributed by atoms with Gasteiger partial charge in [-0.1, -0.05) is 30.3 Å². The number of anilines is 1. The van der Waals surface area contributed by atoms with Gasteiger partial charge in [-0.3, -0.25) is 5.10 Å². The number of methoxy groups -OCH3 is 1. The van der Waals surface area contributed by atoms with Crippen molar-refractivity contribution in [3.05, 3.63) is 53.0 Å². The maximum absolute atomic E-state index is 6.03. The van der Waals surface area contributed by atoms with Crippen LogP contribution in [0.15, 0.2) is 53.0 Å². The van der Waals surface area contributed by atoms with Gasteiger partial charge in [0, 0.05) is 5.56 Å². The molecule has 0 amide bonds. The summed E-state index contributed by atoms with van der Waals surface area (Å²) in [5.41, 5.74) is 9.85. The van der Waals surface area contributed by atoms with Crippen molar-refractivity contribution in [3.63, 3.8) is 0 Å². The van der Waals surface area contributed by atoms with Crippen LogP contribution in [0.5, 0.6) is 5.75 Å². The number of hydrogen-bond donors (Lipinski definition) is 2. The van der Waals surface area contributed by atoms with E-state index in [4.69, 9.17) is 10.5 Å². The maximum atomic E-state index is 6.03. The molecule has 5 heteroatoms. The number of nitrogen functional groups attached to an aromatic ring is 1. The van der Waals surface area contributed by atoms with Gasteiger partial charge in [-0.2, -0.15) is 5.10 Å². The summed E-state index contributed by atoms with van der Waals surface area (Å²) in [7, 11) is 1.64. The van der Waals surface area contributed by atoms with Crippen LogP contribution in [-0.4, -0.2) is 17.3 Å². The maximum Gasteiger partial charge on any atom is 0.153 e. The molecule has 0 atom stereocenters. The third kappa shape index (κ3) is 2.52. The standard InChI is InChI=1S/C16H14BrN3O/c1-21-13-8-7-11(9-12(13)17)15-14(16(18)20-19-15)10-5-3-2-4-6-10/h2-9H,1H3,(H3,18,19,20). The molecule has 3 rings (SSSR count). The average molecular weight is 344 g/mol. The first-order chi connectivity index (χ1) is 10.2. The van der Waals surface area contributed by atoms with E-state index in [0.29, 0.717) is 5.82 Å². The summed E-state index contributed by atoms with van der Waals surface area (Å²) in [6.45, 7) is 0. The van der Waals surface area contributed by atoms with Crippen molar-refractivity contribution in [2.24, 2.45) is 0 Å². The summed E-state index contributed by atoms with van der Waals surface area (Å²) < 4.78 is 6.14. The molecule has 0 fully saturated rings. The minimum Gasteiger partial charge on any atom is -0.496 e. The molecule has 2 aromatic carbocycles. The second kappa shape index (κ2) is 5.61. The van der Waals surface area contributed by atoms with Gasteiger partial charge in [0.1, 0.15) is 5.75 Å². The van der Waals surface area contributed by atoms with Crippen LogP contribution in [0.2, 0.25) is 0 Å². The zero-order valence-corrected chi connectivity index (χ0v) is 13.0. The fourth-order valence-electron chi connectivity index (χ4n) is 2.28. The van der Waals surface area contributed by atoms with Gasteiger partial charge in [-0.15, -0.1) is 0 Å². The van der Waals surface area contributed by atoms with Crippen molar-refractivity contribution in [2.45, 2.75) is 0 Å². The summed E-state index contributed by atoms with van der Waals surface area (Å²) in [6.07, 6.45) is 0. The molecule has 0 saturated carbocycles. The smallest absolute Gasteiger partial charge is 0.153 e. The average Bonchev–Trinajstić information content (AvgIpc) is 2.90. The van der Waals surface area contributed by atoms with Crippen molar-refractivity contribution in [2.75, 3.05) is 12.8 Å². The van der Waals surface area contributed by atoms with E-state index >= 15 is 0 Å². The minimum absolute atomic E-state index is 0.489. The molecule has 1 heterocycles. The Morgan fingerprint density at radius 3 is 2.52 bits per heavy atom. The lowest BCUT2D eigenvalue weighted by Crippen LogP contribution is -1.89. The number of nitrogens with two attached hydrogens (primary N) is 1. The Morgan fingerprint density at radius 1 is 1.10 bits per heavy atom. The normalized spacial score (nSPS) is 10.6. The Bertz CT molecular complexity index is 768. The summed E-state index contributed by atoms with van der Waals surface area (Å²) in [5.74, 6) is 1.27. The summed E-state index contributed by atoms with van der Waals surface area (Å²) in [4.78, 5) is 0. The predicted molar refractivity (Wildman–Crippen MR) is 88.1 cm³/mol. The quantitative estimate of drug-likeness (QED) is 0.752. The largest absolute Gasteiger partial charge is 0.496 e. The first kappa shape index (κ1) is 13.7. The number of hydrogen-bond acceptors (Lipinski definition) is 3. The van der Waals surface area contributed by atoms with E-state index in [1.165, 1.54) is 0 Å². The SMILES string of the molecule is COc1ccc(-c2[nH]nc(N)c2-c2ccccc2)cc1Br. The highest BCUT2D eigenvalue weighted by Gasteiger charge is 2.15. The third-order valence-corrected chi connectivity index (χ3v) is 3.92. The zero-order valence-electron chi connectivity index (χ0n) is 11.4. The summed E-state index contributed by atoms with van der Waals surface area (Å²) >= 11 is 3.50. The topological polar surface area (TPSA) is 63.9 Å². The molecule has 4 nitrogen and oxygen atoms in total. The molecule has 1 aromatic heterocycles. The van der Waals surface area contributed by atoms with Crippen molar-refractivity contribution in [1.29, 1.82) is 0 Å². The van der Waals surface area contributed by atoms with Gasteiger partial charge in [0.15, 0.2) is 5.82 Å². The number of halogens is 1. The number of aromatic amines is 1. The Morgan fingerprint density at radius 2 is 1.86 bits per heavy atom. The molecule has 0 aliphatic carbocycles. The van der Waals surface area contributed by atoms with Gasteiger partial charge < -0.3 is 10.5 Å². The fourth-order valence-corrected chi connectivity index (χ4v) is 2.82. The van der Waals surface area contributed by atoms with Crippen LogP contribution < -0.4 is 10.5 Å². The van der Waals surface area contributed by atoms with E-state index in [2.05, 4.69) is 26.1 Å². The van der Waals surface area contributed by atoms with Crippen LogP contribution in [0.1, 0.15) is 0 Å². The lowest BCUT2D eigenvalue weighted by atomic mass is 10.0. The Labute approximate surface area is 131 Å². The highest BCUT2D eigenvalue weighted by Crippen LogP contribution is 2.37. The van der Waals surface area contributed by atoms with Crippen LogP contribution >= 0.6 is 15.9 Å². The number of ether oxygens (including phenoxy) is 1. The molecule has 0 aliphatic rings. The molecule has 106 valence electrons. The van der Waals surface area contributed by atoms with Gasteiger partial charge in [-0.05, 0) is 39.7 Å². The first-order valence-electron chi connectivity index (χ1n) is 6.44. The van der Waals surface area contributed by atoms with Crippen LogP contribution in [0, 0.1) is 0 Å². The van der Waals surface area contributed by atoms with E-state index in [1.54, 1.807) is 7.11 Å². The number of rotatable bonds is 3. The fraction of sp³-hybridized carbons (Fsp3) is 0.0625. The number of benzene rings is 2. The molecule has 0 saturated heterocycles. The molecule has 0 aliphatic heterocycles. The van der Waals surface area contributed by atoms with Crippen molar-refractivity contribution < 1.29 is 4.74 Å². The lowest BCUT2D eigenvalue weighted by molar-refractivity contribution is 0.412. The molecule has 21 heavy (non-hydrogen) atoms. The second-order valence-corrected chi connectivity index (χ2v) is 5.43. The number of nitrogens with zero attached hydrogens (tertiary/aromatic N) is 1. The Balaban J connectivity index is 2.14. The lowest BCUT2D eigenvalue weighted by Gasteiger charge is -2.07. The second-order valence-electron chi connectivity index (χ2n) is 4.57. The Hall–Kier alpha value is -2.27. The van der Waals surface area contributed by atoms with E-state index in [1.807, 2.05) is 48.5 Å². The molecule has 3 N–H and O–H groups in total. The van der Waals surface area contributed by atoms with Crippen molar-refractivity contribution in [1.82, 2.24) is 10.2 Å². The monoisotopic (exact) mass is 343 g/mol. The Kier molecular flexibility index (Phi) is 3.66. The molecule has 0 radical (unpaired) electrons. The van der Waals surface area contributed by atoms with E-state index in [9.17, 15) is 0 Å². The van der Waals surface area contributed by atoms with Crippen LogP contribution in [0.3, 0.4) is 0 Å². The highest BCUT2D eigenvalue weighted by atomic mass is 79.9. The van der Waals surface area contributed by atoms with Crippen molar-refractivity contribution in [3.8, 4) is 28.1 Å². The van der Waals surface area contributed by atoms with Gasteiger partial charge >= 0.3 is 0 Å². The van der Waals surface area contributed by atoms with Crippen LogP contribution in [-0.2, 0) is 0 Å².